The van der Waals surface area contributed by atoms with Gasteiger partial charge in [0.2, 0.25) is 5.79 Å². The fraction of sp³-hybridized carbons (Fsp3) is 1.00. The number of rotatable bonds is 1. The summed E-state index contributed by atoms with van der Waals surface area (Å²) in [6.45, 7) is -0.855. The van der Waals surface area contributed by atoms with E-state index in [0.717, 1.165) is 0 Å². The Morgan fingerprint density at radius 3 is 2.42 bits per heavy atom. The van der Waals surface area contributed by atoms with Crippen molar-refractivity contribution >= 4 is 0 Å². The number of hydrogen-bond donors (Lipinski definition) is 5. The van der Waals surface area contributed by atoms with E-state index in [1.807, 2.05) is 0 Å². The Kier molecular flexibility index (Phi) is 2.67. The molecule has 0 aromatic rings. The molecule has 6 nitrogen and oxygen atoms in total. The van der Waals surface area contributed by atoms with E-state index in [-0.39, 0.29) is 6.61 Å². The SMILES string of the molecule is OC[C@H]1OC[C@H](O)[C@@H](O)C1(O)O. The van der Waals surface area contributed by atoms with Crippen molar-refractivity contribution in [3.63, 3.8) is 0 Å². The molecule has 1 aliphatic heterocycles. The molecular weight excluding hydrogens is 168 g/mol. The predicted molar refractivity (Wildman–Crippen MR) is 36.0 cm³/mol. The lowest BCUT2D eigenvalue weighted by atomic mass is 9.96. The minimum atomic E-state index is -2.59. The summed E-state index contributed by atoms with van der Waals surface area (Å²) in [5, 5.41) is 44.9. The molecule has 0 unspecified atom stereocenters. The average Bonchev–Trinajstić information content (AvgIpc) is 2.01. The van der Waals surface area contributed by atoms with Crippen LogP contribution in [0.5, 0.6) is 0 Å². The minimum absolute atomic E-state index is 0.227. The van der Waals surface area contributed by atoms with E-state index in [0.29, 0.717) is 0 Å². The van der Waals surface area contributed by atoms with Gasteiger partial charge in [-0.05, 0) is 0 Å². The number of hydrogen-bond acceptors (Lipinski definition) is 6. The summed E-state index contributed by atoms with van der Waals surface area (Å²) >= 11 is 0. The van der Waals surface area contributed by atoms with Crippen LogP contribution in [0.4, 0.5) is 0 Å². The van der Waals surface area contributed by atoms with Crippen LogP contribution in [0.15, 0.2) is 0 Å². The Hall–Kier alpha value is -0.240. The largest absolute Gasteiger partial charge is 0.393 e. The van der Waals surface area contributed by atoms with Crippen molar-refractivity contribution in [2.45, 2.75) is 24.1 Å². The van der Waals surface area contributed by atoms with E-state index in [2.05, 4.69) is 4.74 Å². The van der Waals surface area contributed by atoms with Crippen molar-refractivity contribution in [3.05, 3.63) is 0 Å². The Bertz CT molecular complexity index is 154. The van der Waals surface area contributed by atoms with Gasteiger partial charge >= 0.3 is 0 Å². The van der Waals surface area contributed by atoms with E-state index < -0.39 is 30.7 Å². The molecule has 0 amide bonds. The molecule has 0 aromatic heterocycles. The molecule has 0 spiro atoms. The summed E-state index contributed by atoms with van der Waals surface area (Å²) < 4.78 is 4.67. The van der Waals surface area contributed by atoms with Crippen LogP contribution in [-0.4, -0.2) is 62.8 Å². The minimum Gasteiger partial charge on any atom is -0.393 e. The summed E-state index contributed by atoms with van der Waals surface area (Å²) in [6.07, 6.45) is -4.35. The highest BCUT2D eigenvalue weighted by atomic mass is 16.6. The fourth-order valence-corrected chi connectivity index (χ4v) is 1.09. The average molecular weight is 180 g/mol. The molecular formula is C6H12O6. The Morgan fingerprint density at radius 1 is 1.33 bits per heavy atom. The molecule has 1 fully saturated rings. The second-order valence-corrected chi connectivity index (χ2v) is 2.80. The first kappa shape index (κ1) is 9.85. The lowest BCUT2D eigenvalue weighted by Gasteiger charge is -2.40. The summed E-state index contributed by atoms with van der Waals surface area (Å²) in [6, 6.07) is 0. The quantitative estimate of drug-likeness (QED) is 0.271. The molecule has 0 saturated carbocycles. The van der Waals surface area contributed by atoms with Crippen molar-refractivity contribution in [2.75, 3.05) is 13.2 Å². The zero-order valence-corrected chi connectivity index (χ0v) is 6.29. The third-order valence-electron chi connectivity index (χ3n) is 1.91. The Labute approximate surface area is 68.6 Å². The van der Waals surface area contributed by atoms with E-state index in [1.54, 1.807) is 0 Å². The Morgan fingerprint density at radius 2 is 1.92 bits per heavy atom. The first-order valence-corrected chi connectivity index (χ1v) is 3.53. The van der Waals surface area contributed by atoms with Gasteiger partial charge in [-0.2, -0.15) is 0 Å². The van der Waals surface area contributed by atoms with E-state index in [4.69, 9.17) is 25.5 Å². The molecule has 72 valence electrons. The molecule has 0 radical (unpaired) electrons. The maximum atomic E-state index is 9.13. The van der Waals surface area contributed by atoms with Crippen molar-refractivity contribution in [1.82, 2.24) is 0 Å². The summed E-state index contributed by atoms with van der Waals surface area (Å²) in [5.41, 5.74) is 0. The third-order valence-corrected chi connectivity index (χ3v) is 1.91. The third kappa shape index (κ3) is 1.45. The van der Waals surface area contributed by atoms with E-state index >= 15 is 0 Å². The molecule has 1 heterocycles. The van der Waals surface area contributed by atoms with Crippen LogP contribution in [0.3, 0.4) is 0 Å². The lowest BCUT2D eigenvalue weighted by molar-refractivity contribution is -0.335. The molecule has 3 atom stereocenters. The van der Waals surface area contributed by atoms with Crippen LogP contribution >= 0.6 is 0 Å². The van der Waals surface area contributed by atoms with Crippen LogP contribution in [-0.2, 0) is 4.74 Å². The van der Waals surface area contributed by atoms with Gasteiger partial charge in [-0.3, -0.25) is 0 Å². The predicted octanol–water partition coefficient (Wildman–Crippen LogP) is -3.22. The number of aliphatic hydroxyl groups excluding tert-OH is 3. The van der Waals surface area contributed by atoms with Crippen LogP contribution in [0.25, 0.3) is 0 Å². The van der Waals surface area contributed by atoms with Gasteiger partial charge in [0.15, 0.2) is 0 Å². The summed E-state index contributed by atoms with van der Waals surface area (Å²) in [7, 11) is 0. The zero-order chi connectivity index (χ0) is 9.35. The van der Waals surface area contributed by atoms with Gasteiger partial charge in [0.1, 0.15) is 18.3 Å². The molecule has 1 aliphatic rings. The second kappa shape index (κ2) is 3.25. The van der Waals surface area contributed by atoms with Crippen molar-refractivity contribution in [1.29, 1.82) is 0 Å². The topological polar surface area (TPSA) is 110 Å². The first-order chi connectivity index (χ1) is 5.50. The zero-order valence-electron chi connectivity index (χ0n) is 6.29. The van der Waals surface area contributed by atoms with Gasteiger partial charge in [-0.25, -0.2) is 0 Å². The van der Waals surface area contributed by atoms with Gasteiger partial charge in [-0.1, -0.05) is 0 Å². The smallest absolute Gasteiger partial charge is 0.221 e. The second-order valence-electron chi connectivity index (χ2n) is 2.80. The van der Waals surface area contributed by atoms with Crippen LogP contribution < -0.4 is 0 Å². The molecule has 0 aromatic carbocycles. The maximum absolute atomic E-state index is 9.13. The van der Waals surface area contributed by atoms with Crippen LogP contribution in [0, 0.1) is 0 Å². The van der Waals surface area contributed by atoms with E-state index in [9.17, 15) is 0 Å². The van der Waals surface area contributed by atoms with Crippen LogP contribution in [0.2, 0.25) is 0 Å². The van der Waals surface area contributed by atoms with Crippen molar-refractivity contribution in [3.8, 4) is 0 Å². The van der Waals surface area contributed by atoms with Crippen LogP contribution in [0.1, 0.15) is 0 Å². The highest BCUT2D eigenvalue weighted by molar-refractivity contribution is 4.92. The standard InChI is InChI=1S/C6H12O6/c7-1-4-6(10,11)5(9)3(8)2-12-4/h3-5,7-11H,1-2H2/t3-,4+,5+/m0/s1. The van der Waals surface area contributed by atoms with Crippen molar-refractivity contribution < 1.29 is 30.3 Å². The van der Waals surface area contributed by atoms with Gasteiger partial charge in [0.05, 0.1) is 13.2 Å². The Balaban J connectivity index is 2.73. The summed E-state index contributed by atoms with van der Waals surface area (Å²) in [4.78, 5) is 0. The molecule has 1 rings (SSSR count). The molecule has 12 heavy (non-hydrogen) atoms. The number of ether oxygens (including phenoxy) is 1. The number of aliphatic hydroxyl groups is 5. The highest BCUT2D eigenvalue weighted by Crippen LogP contribution is 2.23. The fourth-order valence-electron chi connectivity index (χ4n) is 1.09. The van der Waals surface area contributed by atoms with E-state index in [1.165, 1.54) is 0 Å². The monoisotopic (exact) mass is 180 g/mol. The molecule has 6 heteroatoms. The molecule has 1 saturated heterocycles. The molecule has 0 bridgehead atoms. The normalized spacial score (nSPS) is 41.2. The molecule has 0 aliphatic carbocycles. The highest BCUT2D eigenvalue weighted by Gasteiger charge is 2.49. The van der Waals surface area contributed by atoms with Crippen molar-refractivity contribution in [2.24, 2.45) is 0 Å². The molecule has 5 N–H and O–H groups in total. The first-order valence-electron chi connectivity index (χ1n) is 3.53. The van der Waals surface area contributed by atoms with Gasteiger partial charge in [0, 0.05) is 0 Å². The van der Waals surface area contributed by atoms with Gasteiger partial charge in [0.25, 0.3) is 0 Å². The summed E-state index contributed by atoms with van der Waals surface area (Å²) in [5.74, 6) is -2.59. The maximum Gasteiger partial charge on any atom is 0.221 e. The van der Waals surface area contributed by atoms with Gasteiger partial charge in [-0.15, -0.1) is 0 Å². The van der Waals surface area contributed by atoms with Gasteiger partial charge < -0.3 is 30.3 Å². The lowest BCUT2D eigenvalue weighted by Crippen LogP contribution is -2.63.